The highest BCUT2D eigenvalue weighted by Crippen LogP contribution is 2.25. The Kier molecular flexibility index (Phi) is 49.6. The van der Waals surface area contributed by atoms with Crippen LogP contribution in [0, 0.1) is 11.8 Å². The Bertz CT molecular complexity index is 1120. The molecule has 1 rings (SSSR count). The van der Waals surface area contributed by atoms with Gasteiger partial charge in [-0.05, 0) is 51.1 Å². The predicted molar refractivity (Wildman–Crippen MR) is 265 cm³/mol. The first-order chi connectivity index (χ1) is 30.3. The van der Waals surface area contributed by atoms with E-state index in [1.165, 1.54) is 238 Å². The van der Waals surface area contributed by atoms with Gasteiger partial charge in [-0.15, -0.1) is 0 Å². The zero-order valence-electron chi connectivity index (χ0n) is 41.7. The van der Waals surface area contributed by atoms with Crippen molar-refractivity contribution in [3.8, 4) is 0 Å². The number of hydrogen-bond donors (Lipinski definition) is 3. The first kappa shape index (κ1) is 61.8. The van der Waals surface area contributed by atoms with Gasteiger partial charge in [-0.2, -0.15) is 4.57 Å². The van der Waals surface area contributed by atoms with E-state index in [0.717, 1.165) is 31.3 Å². The van der Waals surface area contributed by atoms with Gasteiger partial charge >= 0.3 is 16.8 Å². The third kappa shape index (κ3) is 38.2. The summed E-state index contributed by atoms with van der Waals surface area (Å²) in [5, 5.41) is 17.1. The standard InChI is InChI=1S/C51H99N3O2.2CH2O2/c1-6-11-14-17-22-29-38-47(37-9-4)39-30-25-20-27-34-44-53(46-36-43-52-50-49(55)51(56)54(50)10-5)45-35-28-21-26-33-42-48(40-31-23-18-15-12-7-2)41-32-24-19-16-13-8-3;2*2-1-3/h47-48H,6-46H2,1-5H3;2*1H,(H,2,3)/p+1. The number of hydrogen-bond acceptors (Lipinski definition) is 6. The smallest absolute Gasteiger partial charge is 0.390 e. The summed E-state index contributed by atoms with van der Waals surface area (Å²) < 4.78 is 1.57. The minimum atomic E-state index is -0.360. The lowest BCUT2D eigenvalue weighted by atomic mass is 9.89. The topological polar surface area (TPSA) is 128 Å². The van der Waals surface area contributed by atoms with Crippen molar-refractivity contribution in [3.63, 3.8) is 0 Å². The quantitative estimate of drug-likeness (QED) is 0.0256. The fraction of sp³-hybridized carbons (Fsp3) is 0.906. The van der Waals surface area contributed by atoms with Crippen LogP contribution in [0.4, 0.5) is 5.82 Å². The average Bonchev–Trinajstić information content (AvgIpc) is 3.27. The van der Waals surface area contributed by atoms with Gasteiger partial charge < -0.3 is 15.1 Å². The molecule has 1 atom stereocenters. The molecule has 1 aromatic rings. The summed E-state index contributed by atoms with van der Waals surface area (Å²) in [6.45, 7) is 15.5. The molecule has 0 bridgehead atoms. The third-order valence-electron chi connectivity index (χ3n) is 13.0. The van der Waals surface area contributed by atoms with Crippen LogP contribution in [0.1, 0.15) is 266 Å². The molecule has 1 aromatic heterocycles. The van der Waals surface area contributed by atoms with Gasteiger partial charge in [-0.3, -0.25) is 19.7 Å². The Balaban J connectivity index is 0. The van der Waals surface area contributed by atoms with Gasteiger partial charge in [0.05, 0.1) is 13.1 Å². The molecule has 0 saturated carbocycles. The van der Waals surface area contributed by atoms with Crippen molar-refractivity contribution in [1.29, 1.82) is 0 Å². The van der Waals surface area contributed by atoms with Crippen molar-refractivity contribution in [2.45, 2.75) is 272 Å². The molecule has 1 unspecified atom stereocenters. The molecule has 0 aliphatic carbocycles. The molecule has 9 nitrogen and oxygen atoms in total. The molecule has 0 aliphatic heterocycles. The van der Waals surface area contributed by atoms with Crippen molar-refractivity contribution in [2.75, 3.05) is 31.5 Å². The molecule has 0 amide bonds. The largest absolute Gasteiger partial charge is 0.483 e. The number of carboxylic acid groups (broad SMARTS) is 2. The molecule has 0 radical (unpaired) electrons. The second kappa shape index (κ2) is 49.7. The molecule has 0 spiro atoms. The van der Waals surface area contributed by atoms with E-state index in [0.29, 0.717) is 12.4 Å². The van der Waals surface area contributed by atoms with Crippen molar-refractivity contribution in [3.05, 3.63) is 20.6 Å². The maximum atomic E-state index is 12.0. The van der Waals surface area contributed by atoms with Crippen LogP contribution < -0.4 is 20.9 Å². The van der Waals surface area contributed by atoms with E-state index in [-0.39, 0.29) is 23.9 Å². The van der Waals surface area contributed by atoms with Crippen LogP contribution in [0.5, 0.6) is 0 Å². The highest BCUT2D eigenvalue weighted by atomic mass is 16.3. The summed E-state index contributed by atoms with van der Waals surface area (Å²) in [6, 6.07) is 0. The Morgan fingerprint density at radius 3 is 1.10 bits per heavy atom. The lowest BCUT2D eigenvalue weighted by Crippen LogP contribution is -2.66. The molecule has 0 fully saturated rings. The van der Waals surface area contributed by atoms with Gasteiger partial charge in [0.25, 0.3) is 12.9 Å². The number of nitrogens with zero attached hydrogens (tertiary/aromatic N) is 2. The molecule has 366 valence electrons. The molecule has 0 saturated heterocycles. The van der Waals surface area contributed by atoms with Crippen LogP contribution in [-0.2, 0) is 16.1 Å². The molecule has 0 aromatic carbocycles. The lowest BCUT2D eigenvalue weighted by Gasteiger charge is -2.22. The van der Waals surface area contributed by atoms with E-state index in [1.807, 2.05) is 6.92 Å². The zero-order chi connectivity index (χ0) is 46.2. The van der Waals surface area contributed by atoms with E-state index in [2.05, 4.69) is 37.9 Å². The normalized spacial score (nSPS) is 11.7. The van der Waals surface area contributed by atoms with Crippen LogP contribution in [0.2, 0.25) is 0 Å². The van der Waals surface area contributed by atoms with Gasteiger partial charge in [0.2, 0.25) is 0 Å². The van der Waals surface area contributed by atoms with Crippen LogP contribution in [0.15, 0.2) is 9.59 Å². The average molecular weight is 879 g/mol. The summed E-state index contributed by atoms with van der Waals surface area (Å²) in [6.07, 6.45) is 50.5. The van der Waals surface area contributed by atoms with Crippen LogP contribution >= 0.6 is 0 Å². The third-order valence-corrected chi connectivity index (χ3v) is 13.0. The van der Waals surface area contributed by atoms with E-state index in [4.69, 9.17) is 19.8 Å². The first-order valence-electron chi connectivity index (χ1n) is 26.7. The van der Waals surface area contributed by atoms with Gasteiger partial charge in [0, 0.05) is 6.54 Å². The van der Waals surface area contributed by atoms with Crippen molar-refractivity contribution >= 4 is 18.8 Å². The second-order valence-electron chi connectivity index (χ2n) is 18.4. The summed E-state index contributed by atoms with van der Waals surface area (Å²) in [5.74, 6) is 2.44. The van der Waals surface area contributed by atoms with E-state index >= 15 is 0 Å². The lowest BCUT2D eigenvalue weighted by molar-refractivity contribution is -0.706. The highest BCUT2D eigenvalue weighted by molar-refractivity contribution is 5.33. The number of rotatable bonds is 45. The monoisotopic (exact) mass is 879 g/mol. The second-order valence-corrected chi connectivity index (χ2v) is 18.4. The molecule has 9 heteroatoms. The molecular weight excluding hydrogens is 775 g/mol. The van der Waals surface area contributed by atoms with Crippen molar-refractivity contribution < 1.29 is 24.4 Å². The molecule has 0 aliphatic rings. The van der Waals surface area contributed by atoms with Crippen molar-refractivity contribution in [1.82, 2.24) is 4.90 Å². The van der Waals surface area contributed by atoms with E-state index in [9.17, 15) is 9.59 Å². The van der Waals surface area contributed by atoms with Gasteiger partial charge in [-0.1, -0.05) is 240 Å². The van der Waals surface area contributed by atoms with Crippen LogP contribution in [0.25, 0.3) is 0 Å². The summed E-state index contributed by atoms with van der Waals surface area (Å²) in [5.41, 5.74) is -0.704. The minimum absolute atomic E-state index is 0.250. The van der Waals surface area contributed by atoms with Gasteiger partial charge in [0.15, 0.2) is 0 Å². The zero-order valence-corrected chi connectivity index (χ0v) is 41.7. The summed E-state index contributed by atoms with van der Waals surface area (Å²) in [4.78, 5) is 43.3. The summed E-state index contributed by atoms with van der Waals surface area (Å²) >= 11 is 0. The maximum Gasteiger partial charge on any atom is 0.390 e. The Morgan fingerprint density at radius 1 is 0.452 bits per heavy atom. The SMILES string of the molecule is CCCCCCCCC(CCC)CCCCCCCN(CCCCCCCC(CCCCCCCC)CCCCCCCC)CCCNc1c(=O)c(=O)[n+]1CC.O=CO.O=CO. The Hall–Kier alpha value is -2.29. The highest BCUT2D eigenvalue weighted by Gasteiger charge is 2.26. The van der Waals surface area contributed by atoms with Gasteiger partial charge in [0.1, 0.15) is 0 Å². The number of anilines is 1. The van der Waals surface area contributed by atoms with Crippen LogP contribution in [-0.4, -0.2) is 54.2 Å². The fourth-order valence-electron chi connectivity index (χ4n) is 9.23. The summed E-state index contributed by atoms with van der Waals surface area (Å²) in [7, 11) is 0. The minimum Gasteiger partial charge on any atom is -0.483 e. The van der Waals surface area contributed by atoms with Gasteiger partial charge in [-0.25, -0.2) is 4.79 Å². The van der Waals surface area contributed by atoms with Crippen molar-refractivity contribution in [2.24, 2.45) is 11.8 Å². The van der Waals surface area contributed by atoms with E-state index < -0.39 is 0 Å². The maximum absolute atomic E-state index is 12.0. The number of nitrogens with one attached hydrogen (secondary N) is 1. The van der Waals surface area contributed by atoms with Crippen LogP contribution in [0.3, 0.4) is 0 Å². The molecule has 62 heavy (non-hydrogen) atoms. The molecular formula is C53H104N3O6+. The Morgan fingerprint density at radius 2 is 0.758 bits per heavy atom. The number of unbranched alkanes of at least 4 members (excludes halogenated alkanes) is 23. The molecule has 1 heterocycles. The predicted octanol–water partition coefficient (Wildman–Crippen LogP) is 14.1. The number of aromatic nitrogens is 1. The van der Waals surface area contributed by atoms with E-state index in [1.54, 1.807) is 4.57 Å². The molecule has 3 N–H and O–H groups in total. The fourth-order valence-corrected chi connectivity index (χ4v) is 9.23. The number of carbonyl (C=O) groups is 2. The first-order valence-corrected chi connectivity index (χ1v) is 26.7. The Labute approximate surface area is 383 Å².